The molecule has 1 aromatic rings. The highest BCUT2D eigenvalue weighted by molar-refractivity contribution is 5.81. The maximum absolute atomic E-state index is 11.0. The smallest absolute Gasteiger partial charge is 0.133 e. The third-order valence-corrected chi connectivity index (χ3v) is 3.19. The Morgan fingerprint density at radius 3 is 2.75 bits per heavy atom. The molecule has 0 aliphatic heterocycles. The first-order chi connectivity index (χ1) is 7.77. The molecule has 0 aromatic heterocycles. The molecule has 0 unspecified atom stereocenters. The number of ketones is 1. The second-order valence-corrected chi connectivity index (χ2v) is 4.54. The molecule has 0 bridgehead atoms. The minimum atomic E-state index is 0.334. The average molecular weight is 218 g/mol. The van der Waals surface area contributed by atoms with Gasteiger partial charge in [0.15, 0.2) is 0 Å². The summed E-state index contributed by atoms with van der Waals surface area (Å²) in [6, 6.07) is 10.2. The van der Waals surface area contributed by atoms with Crippen LogP contribution in [0.25, 0.3) is 0 Å². The molecule has 2 heteroatoms. The molecule has 2 atom stereocenters. The summed E-state index contributed by atoms with van der Waals surface area (Å²) < 4.78 is 5.59. The summed E-state index contributed by atoms with van der Waals surface area (Å²) in [5, 5.41) is 0. The number of rotatable bonds is 6. The molecule has 0 saturated heterocycles. The Hall–Kier alpha value is -1.15. The fourth-order valence-corrected chi connectivity index (χ4v) is 2.06. The van der Waals surface area contributed by atoms with Crippen LogP contribution in [0.15, 0.2) is 30.3 Å². The van der Waals surface area contributed by atoms with Gasteiger partial charge in [-0.15, -0.1) is 0 Å². The van der Waals surface area contributed by atoms with Crippen molar-refractivity contribution in [3.05, 3.63) is 35.9 Å². The van der Waals surface area contributed by atoms with Crippen molar-refractivity contribution in [2.24, 2.45) is 11.8 Å². The van der Waals surface area contributed by atoms with E-state index in [2.05, 4.69) is 12.1 Å². The monoisotopic (exact) mass is 218 g/mol. The highest BCUT2D eigenvalue weighted by atomic mass is 16.5. The van der Waals surface area contributed by atoms with E-state index in [4.69, 9.17) is 4.74 Å². The molecule has 0 spiro atoms. The zero-order chi connectivity index (χ0) is 11.4. The van der Waals surface area contributed by atoms with Crippen LogP contribution in [0.2, 0.25) is 0 Å². The SMILES string of the molecule is CC(=O)[C@@H]1C[C@H]1CCOCc1ccccc1. The van der Waals surface area contributed by atoms with Gasteiger partial charge < -0.3 is 4.74 Å². The van der Waals surface area contributed by atoms with E-state index in [1.54, 1.807) is 6.92 Å². The van der Waals surface area contributed by atoms with Gasteiger partial charge in [-0.2, -0.15) is 0 Å². The minimum Gasteiger partial charge on any atom is -0.377 e. The molecule has 0 heterocycles. The van der Waals surface area contributed by atoms with Crippen LogP contribution in [0.4, 0.5) is 0 Å². The van der Waals surface area contributed by atoms with Gasteiger partial charge in [0.25, 0.3) is 0 Å². The van der Waals surface area contributed by atoms with E-state index in [-0.39, 0.29) is 0 Å². The molecule has 1 fully saturated rings. The van der Waals surface area contributed by atoms with Crippen molar-refractivity contribution in [1.82, 2.24) is 0 Å². The van der Waals surface area contributed by atoms with E-state index in [1.807, 2.05) is 18.2 Å². The maximum Gasteiger partial charge on any atom is 0.133 e. The molecule has 16 heavy (non-hydrogen) atoms. The number of carbonyl (C=O) groups excluding carboxylic acids is 1. The molecule has 1 aliphatic rings. The van der Waals surface area contributed by atoms with Gasteiger partial charge in [-0.25, -0.2) is 0 Å². The fourth-order valence-electron chi connectivity index (χ4n) is 2.06. The molecular weight excluding hydrogens is 200 g/mol. The lowest BCUT2D eigenvalue weighted by molar-refractivity contribution is -0.118. The first-order valence-electron chi connectivity index (χ1n) is 5.89. The van der Waals surface area contributed by atoms with E-state index in [9.17, 15) is 4.79 Å². The first kappa shape index (κ1) is 11.3. The molecule has 0 N–H and O–H groups in total. The number of ether oxygens (including phenoxy) is 1. The van der Waals surface area contributed by atoms with Crippen LogP contribution in [-0.2, 0) is 16.1 Å². The van der Waals surface area contributed by atoms with Crippen LogP contribution < -0.4 is 0 Å². The van der Waals surface area contributed by atoms with Crippen LogP contribution in [-0.4, -0.2) is 12.4 Å². The number of hydrogen-bond donors (Lipinski definition) is 0. The van der Waals surface area contributed by atoms with Crippen LogP contribution in [0.1, 0.15) is 25.3 Å². The van der Waals surface area contributed by atoms with Crippen molar-refractivity contribution in [3.63, 3.8) is 0 Å². The van der Waals surface area contributed by atoms with E-state index in [0.29, 0.717) is 24.2 Å². The Balaban J connectivity index is 1.58. The standard InChI is InChI=1S/C14H18O2/c1-11(15)14-9-13(14)7-8-16-10-12-5-3-2-4-6-12/h2-6,13-14H,7-10H2,1H3/t13-,14+/m1/s1. The van der Waals surface area contributed by atoms with E-state index in [1.165, 1.54) is 5.56 Å². The van der Waals surface area contributed by atoms with Gasteiger partial charge in [-0.3, -0.25) is 4.79 Å². The first-order valence-corrected chi connectivity index (χ1v) is 5.89. The number of hydrogen-bond acceptors (Lipinski definition) is 2. The maximum atomic E-state index is 11.0. The highest BCUT2D eigenvalue weighted by Crippen LogP contribution is 2.41. The van der Waals surface area contributed by atoms with E-state index >= 15 is 0 Å². The zero-order valence-electron chi connectivity index (χ0n) is 9.69. The van der Waals surface area contributed by atoms with Crippen LogP contribution >= 0.6 is 0 Å². The Morgan fingerprint density at radius 1 is 1.38 bits per heavy atom. The van der Waals surface area contributed by atoms with Crippen molar-refractivity contribution in [1.29, 1.82) is 0 Å². The molecule has 1 saturated carbocycles. The summed E-state index contributed by atoms with van der Waals surface area (Å²) in [6.45, 7) is 3.14. The summed E-state index contributed by atoms with van der Waals surface area (Å²) in [7, 11) is 0. The Labute approximate surface area is 96.6 Å². The van der Waals surface area contributed by atoms with Crippen LogP contribution in [0.3, 0.4) is 0 Å². The van der Waals surface area contributed by atoms with Gasteiger partial charge in [-0.1, -0.05) is 30.3 Å². The van der Waals surface area contributed by atoms with Crippen molar-refractivity contribution in [3.8, 4) is 0 Å². The highest BCUT2D eigenvalue weighted by Gasteiger charge is 2.39. The molecular formula is C14H18O2. The van der Waals surface area contributed by atoms with Gasteiger partial charge >= 0.3 is 0 Å². The molecule has 1 aromatic carbocycles. The van der Waals surface area contributed by atoms with Crippen LogP contribution in [0.5, 0.6) is 0 Å². The molecule has 0 radical (unpaired) electrons. The lowest BCUT2D eigenvalue weighted by Crippen LogP contribution is -2.00. The summed E-state index contributed by atoms with van der Waals surface area (Å²) >= 11 is 0. The van der Waals surface area contributed by atoms with Gasteiger partial charge in [0.1, 0.15) is 5.78 Å². The number of carbonyl (C=O) groups is 1. The summed E-state index contributed by atoms with van der Waals surface area (Å²) in [5.41, 5.74) is 1.21. The number of benzene rings is 1. The second-order valence-electron chi connectivity index (χ2n) is 4.54. The second kappa shape index (κ2) is 5.26. The zero-order valence-corrected chi connectivity index (χ0v) is 9.69. The van der Waals surface area contributed by atoms with Gasteiger partial charge in [0.2, 0.25) is 0 Å². The third kappa shape index (κ3) is 3.17. The molecule has 1 aliphatic carbocycles. The lowest BCUT2D eigenvalue weighted by atomic mass is 10.2. The third-order valence-electron chi connectivity index (χ3n) is 3.19. The Bertz CT molecular complexity index is 345. The summed E-state index contributed by atoms with van der Waals surface area (Å²) in [6.07, 6.45) is 2.10. The fraction of sp³-hybridized carbons (Fsp3) is 0.500. The van der Waals surface area contributed by atoms with E-state index < -0.39 is 0 Å². The average Bonchev–Trinajstić information content (AvgIpc) is 3.05. The number of Topliss-reactive ketones (excluding diaryl/α,β-unsaturated/α-hetero) is 1. The van der Waals surface area contributed by atoms with Gasteiger partial charge in [0.05, 0.1) is 6.61 Å². The largest absolute Gasteiger partial charge is 0.377 e. The lowest BCUT2D eigenvalue weighted by Gasteiger charge is -2.03. The van der Waals surface area contributed by atoms with E-state index in [0.717, 1.165) is 19.4 Å². The van der Waals surface area contributed by atoms with Gasteiger partial charge in [-0.05, 0) is 31.2 Å². The minimum absolute atomic E-state index is 0.334. The Kier molecular flexibility index (Phi) is 3.73. The normalized spacial score (nSPS) is 23.1. The van der Waals surface area contributed by atoms with Crippen molar-refractivity contribution >= 4 is 5.78 Å². The van der Waals surface area contributed by atoms with Crippen LogP contribution in [0, 0.1) is 11.8 Å². The van der Waals surface area contributed by atoms with Crippen molar-refractivity contribution in [2.75, 3.05) is 6.61 Å². The molecule has 2 nitrogen and oxygen atoms in total. The van der Waals surface area contributed by atoms with Crippen molar-refractivity contribution in [2.45, 2.75) is 26.4 Å². The predicted molar refractivity (Wildman–Crippen MR) is 63.0 cm³/mol. The summed E-state index contributed by atoms with van der Waals surface area (Å²) in [5.74, 6) is 1.27. The van der Waals surface area contributed by atoms with Gasteiger partial charge in [0, 0.05) is 12.5 Å². The van der Waals surface area contributed by atoms with Crippen molar-refractivity contribution < 1.29 is 9.53 Å². The Morgan fingerprint density at radius 2 is 2.12 bits per heavy atom. The molecule has 0 amide bonds. The topological polar surface area (TPSA) is 26.3 Å². The molecule has 86 valence electrons. The predicted octanol–water partition coefficient (Wildman–Crippen LogP) is 2.82. The summed E-state index contributed by atoms with van der Waals surface area (Å²) in [4.78, 5) is 11.0. The quantitative estimate of drug-likeness (QED) is 0.686. The molecule has 2 rings (SSSR count).